The van der Waals surface area contributed by atoms with Crippen molar-refractivity contribution in [2.75, 3.05) is 38.2 Å². The van der Waals surface area contributed by atoms with Crippen LogP contribution in [0.25, 0.3) is 0 Å². The van der Waals surface area contributed by atoms with E-state index in [2.05, 4.69) is 27.0 Å². The Bertz CT molecular complexity index is 392. The molecule has 118 valence electrons. The molecule has 0 spiro atoms. The first-order chi connectivity index (χ1) is 10.3. The standard InChI is InChI=1S/C16H27N3OS/c1-17-16(18-8-11-4-6-21-7-5-11)19-9-12-13(10-19)15-3-2-14(12)20-15/h11-15H,2-10H2,1H3,(H,17,18). The maximum absolute atomic E-state index is 6.07. The first kappa shape index (κ1) is 14.2. The number of rotatable bonds is 2. The predicted octanol–water partition coefficient (Wildman–Crippen LogP) is 1.81. The van der Waals surface area contributed by atoms with E-state index in [4.69, 9.17) is 4.74 Å². The first-order valence-corrected chi connectivity index (χ1v) is 9.69. The van der Waals surface area contributed by atoms with E-state index in [0.29, 0.717) is 12.2 Å². The molecule has 21 heavy (non-hydrogen) atoms. The summed E-state index contributed by atoms with van der Waals surface area (Å²) < 4.78 is 6.07. The average Bonchev–Trinajstić information content (AvgIpc) is 3.21. The number of guanidine groups is 1. The Morgan fingerprint density at radius 3 is 2.43 bits per heavy atom. The van der Waals surface area contributed by atoms with Gasteiger partial charge in [-0.15, -0.1) is 0 Å². The molecule has 0 radical (unpaired) electrons. The number of hydrogen-bond acceptors (Lipinski definition) is 3. The van der Waals surface area contributed by atoms with Gasteiger partial charge in [0.15, 0.2) is 5.96 Å². The predicted molar refractivity (Wildman–Crippen MR) is 87.9 cm³/mol. The minimum atomic E-state index is 0.540. The van der Waals surface area contributed by atoms with Gasteiger partial charge in [0.2, 0.25) is 0 Å². The van der Waals surface area contributed by atoms with Crippen LogP contribution >= 0.6 is 11.8 Å². The summed E-state index contributed by atoms with van der Waals surface area (Å²) in [6, 6.07) is 0. The van der Waals surface area contributed by atoms with Crippen molar-refractivity contribution in [2.24, 2.45) is 22.7 Å². The third-order valence-corrected chi connectivity index (χ3v) is 6.90. The van der Waals surface area contributed by atoms with Crippen LogP contribution in [-0.2, 0) is 4.74 Å². The van der Waals surface area contributed by atoms with E-state index in [-0.39, 0.29) is 0 Å². The minimum Gasteiger partial charge on any atom is -0.374 e. The highest BCUT2D eigenvalue weighted by Gasteiger charge is 2.53. The third kappa shape index (κ3) is 2.67. The molecule has 1 N–H and O–H groups in total. The van der Waals surface area contributed by atoms with E-state index in [0.717, 1.165) is 43.3 Å². The molecule has 4 saturated heterocycles. The van der Waals surface area contributed by atoms with Gasteiger partial charge in [0.25, 0.3) is 0 Å². The van der Waals surface area contributed by atoms with Crippen LogP contribution in [0.4, 0.5) is 0 Å². The zero-order valence-electron chi connectivity index (χ0n) is 13.0. The normalized spacial score (nSPS) is 39.9. The highest BCUT2D eigenvalue weighted by Crippen LogP contribution is 2.47. The number of thioether (sulfide) groups is 1. The largest absolute Gasteiger partial charge is 0.374 e. The zero-order chi connectivity index (χ0) is 14.2. The topological polar surface area (TPSA) is 36.9 Å². The Kier molecular flexibility index (Phi) is 4.05. The Labute approximate surface area is 132 Å². The molecule has 0 aromatic heterocycles. The maximum Gasteiger partial charge on any atom is 0.193 e. The number of nitrogens with one attached hydrogen (secondary N) is 1. The van der Waals surface area contributed by atoms with Gasteiger partial charge in [-0.1, -0.05) is 0 Å². The summed E-state index contributed by atoms with van der Waals surface area (Å²) in [5, 5.41) is 3.65. The first-order valence-electron chi connectivity index (χ1n) is 8.54. The Morgan fingerprint density at radius 1 is 1.14 bits per heavy atom. The van der Waals surface area contributed by atoms with E-state index < -0.39 is 0 Å². The second-order valence-corrected chi connectivity index (χ2v) is 8.23. The summed E-state index contributed by atoms with van der Waals surface area (Å²) in [6.07, 6.45) is 6.36. The molecule has 2 bridgehead atoms. The molecule has 0 amide bonds. The van der Waals surface area contributed by atoms with Gasteiger partial charge >= 0.3 is 0 Å². The van der Waals surface area contributed by atoms with Gasteiger partial charge in [0.1, 0.15) is 0 Å². The van der Waals surface area contributed by atoms with E-state index in [1.54, 1.807) is 0 Å². The molecule has 4 nitrogen and oxygen atoms in total. The van der Waals surface area contributed by atoms with Crippen molar-refractivity contribution in [2.45, 2.75) is 37.9 Å². The zero-order valence-corrected chi connectivity index (χ0v) is 13.8. The van der Waals surface area contributed by atoms with Gasteiger partial charge in [-0.25, -0.2) is 0 Å². The summed E-state index contributed by atoms with van der Waals surface area (Å²) in [4.78, 5) is 7.02. The van der Waals surface area contributed by atoms with Crippen LogP contribution in [0.3, 0.4) is 0 Å². The lowest BCUT2D eigenvalue weighted by atomic mass is 9.82. The molecule has 4 heterocycles. The van der Waals surface area contributed by atoms with Crippen molar-refractivity contribution in [3.63, 3.8) is 0 Å². The Morgan fingerprint density at radius 2 is 1.81 bits per heavy atom. The molecule has 4 rings (SSSR count). The Hall–Kier alpha value is -0.420. The van der Waals surface area contributed by atoms with Crippen molar-refractivity contribution in [1.82, 2.24) is 10.2 Å². The number of nitrogens with zero attached hydrogens (tertiary/aromatic N) is 2. The quantitative estimate of drug-likeness (QED) is 0.623. The lowest BCUT2D eigenvalue weighted by Gasteiger charge is -2.27. The summed E-state index contributed by atoms with van der Waals surface area (Å²) >= 11 is 2.10. The van der Waals surface area contributed by atoms with Crippen LogP contribution in [-0.4, -0.2) is 61.3 Å². The monoisotopic (exact) mass is 309 g/mol. The highest BCUT2D eigenvalue weighted by molar-refractivity contribution is 7.99. The smallest absolute Gasteiger partial charge is 0.193 e. The summed E-state index contributed by atoms with van der Waals surface area (Å²) in [5.74, 6) is 6.15. The second-order valence-electron chi connectivity index (χ2n) is 7.01. The fourth-order valence-corrected chi connectivity index (χ4v) is 5.86. The van der Waals surface area contributed by atoms with E-state index in [9.17, 15) is 0 Å². The van der Waals surface area contributed by atoms with Crippen LogP contribution in [0.5, 0.6) is 0 Å². The number of likely N-dealkylation sites (tertiary alicyclic amines) is 1. The number of hydrogen-bond donors (Lipinski definition) is 1. The van der Waals surface area contributed by atoms with E-state index >= 15 is 0 Å². The minimum absolute atomic E-state index is 0.540. The van der Waals surface area contributed by atoms with Crippen molar-refractivity contribution in [1.29, 1.82) is 0 Å². The van der Waals surface area contributed by atoms with Gasteiger partial charge in [-0.2, -0.15) is 11.8 Å². The molecule has 4 aliphatic rings. The number of ether oxygens (including phenoxy) is 1. The summed E-state index contributed by atoms with van der Waals surface area (Å²) in [5.41, 5.74) is 0. The molecule has 4 unspecified atom stereocenters. The van der Waals surface area contributed by atoms with Gasteiger partial charge < -0.3 is 15.0 Å². The van der Waals surface area contributed by atoms with E-state index in [1.807, 2.05) is 7.05 Å². The molecule has 0 aromatic carbocycles. The fraction of sp³-hybridized carbons (Fsp3) is 0.938. The molecule has 4 atom stereocenters. The average molecular weight is 309 g/mol. The highest BCUT2D eigenvalue weighted by atomic mass is 32.2. The maximum atomic E-state index is 6.07. The van der Waals surface area contributed by atoms with Crippen molar-refractivity contribution >= 4 is 17.7 Å². The lowest BCUT2D eigenvalue weighted by molar-refractivity contribution is 0.0767. The van der Waals surface area contributed by atoms with Crippen molar-refractivity contribution < 1.29 is 4.74 Å². The fourth-order valence-electron chi connectivity index (χ4n) is 4.65. The SMILES string of the molecule is CN=C(NCC1CCSCC1)N1CC2C3CCC(O3)C2C1. The van der Waals surface area contributed by atoms with Gasteiger partial charge in [0, 0.05) is 38.5 Å². The molecule has 4 fully saturated rings. The third-order valence-electron chi connectivity index (χ3n) is 5.85. The molecule has 4 aliphatic heterocycles. The Balaban J connectivity index is 1.32. The van der Waals surface area contributed by atoms with Crippen LogP contribution in [0.15, 0.2) is 4.99 Å². The molecule has 5 heteroatoms. The summed E-state index contributed by atoms with van der Waals surface area (Å²) in [6.45, 7) is 3.39. The van der Waals surface area contributed by atoms with Crippen LogP contribution < -0.4 is 5.32 Å². The molecular formula is C16H27N3OS. The molecule has 0 aliphatic carbocycles. The van der Waals surface area contributed by atoms with Gasteiger partial charge in [0.05, 0.1) is 12.2 Å². The second kappa shape index (κ2) is 5.99. The lowest BCUT2D eigenvalue weighted by Crippen LogP contribution is -2.43. The van der Waals surface area contributed by atoms with Crippen molar-refractivity contribution in [3.05, 3.63) is 0 Å². The summed E-state index contributed by atoms with van der Waals surface area (Å²) in [7, 11) is 1.93. The van der Waals surface area contributed by atoms with Crippen LogP contribution in [0.1, 0.15) is 25.7 Å². The molecule has 0 saturated carbocycles. The van der Waals surface area contributed by atoms with Gasteiger partial charge in [-0.3, -0.25) is 4.99 Å². The van der Waals surface area contributed by atoms with Crippen LogP contribution in [0, 0.1) is 17.8 Å². The number of aliphatic imine (C=N–C) groups is 1. The molecule has 0 aromatic rings. The van der Waals surface area contributed by atoms with Crippen molar-refractivity contribution in [3.8, 4) is 0 Å². The number of fused-ring (bicyclic) bond motifs is 5. The van der Waals surface area contributed by atoms with E-state index in [1.165, 1.54) is 37.2 Å². The molecular weight excluding hydrogens is 282 g/mol. The van der Waals surface area contributed by atoms with Gasteiger partial charge in [-0.05, 0) is 43.1 Å². The van der Waals surface area contributed by atoms with Crippen LogP contribution in [0.2, 0.25) is 0 Å².